The minimum atomic E-state index is 0.233. The number of morpholine rings is 1. The molecule has 6 nitrogen and oxygen atoms in total. The van der Waals surface area contributed by atoms with E-state index in [1.54, 1.807) is 12.3 Å². The quantitative estimate of drug-likeness (QED) is 0.843. The Hall–Kier alpha value is -1.66. The Morgan fingerprint density at radius 1 is 1.32 bits per heavy atom. The van der Waals surface area contributed by atoms with Crippen LogP contribution in [0.15, 0.2) is 27.3 Å². The molecule has 6 heteroatoms. The van der Waals surface area contributed by atoms with Crippen molar-refractivity contribution < 1.29 is 13.7 Å². The average molecular weight is 263 g/mol. The fourth-order valence-corrected chi connectivity index (χ4v) is 2.43. The summed E-state index contributed by atoms with van der Waals surface area (Å²) in [7, 11) is 0. The predicted molar refractivity (Wildman–Crippen MR) is 67.3 cm³/mol. The molecule has 0 N–H and O–H groups in total. The maximum atomic E-state index is 5.69. The zero-order valence-corrected chi connectivity index (χ0v) is 11.1. The fourth-order valence-electron chi connectivity index (χ4n) is 2.43. The lowest BCUT2D eigenvalue weighted by molar-refractivity contribution is -0.0725. The van der Waals surface area contributed by atoms with Crippen molar-refractivity contribution in [2.24, 2.45) is 0 Å². The van der Waals surface area contributed by atoms with Crippen molar-refractivity contribution in [1.82, 2.24) is 15.0 Å². The van der Waals surface area contributed by atoms with Crippen LogP contribution in [-0.2, 0) is 11.3 Å². The second-order valence-electron chi connectivity index (χ2n) is 4.94. The van der Waals surface area contributed by atoms with Crippen LogP contribution in [0.2, 0.25) is 0 Å². The first-order valence-electron chi connectivity index (χ1n) is 6.45. The SMILES string of the molecule is C[C@@H]1CN(Cc2nc(-c3ccco3)no2)C[C@H](C)O1. The molecule has 3 heterocycles. The summed E-state index contributed by atoms with van der Waals surface area (Å²) in [5.74, 6) is 1.72. The topological polar surface area (TPSA) is 64.5 Å². The predicted octanol–water partition coefficient (Wildman–Crippen LogP) is 1.94. The summed E-state index contributed by atoms with van der Waals surface area (Å²) in [6.45, 7) is 6.55. The van der Waals surface area contributed by atoms with Crippen LogP contribution in [0, 0.1) is 0 Å². The van der Waals surface area contributed by atoms with Gasteiger partial charge in [0.25, 0.3) is 0 Å². The van der Waals surface area contributed by atoms with Crippen molar-refractivity contribution >= 4 is 0 Å². The van der Waals surface area contributed by atoms with E-state index in [0.717, 1.165) is 13.1 Å². The van der Waals surface area contributed by atoms with E-state index in [9.17, 15) is 0 Å². The zero-order chi connectivity index (χ0) is 13.2. The van der Waals surface area contributed by atoms with Gasteiger partial charge in [-0.05, 0) is 26.0 Å². The van der Waals surface area contributed by atoms with Gasteiger partial charge in [0, 0.05) is 13.1 Å². The van der Waals surface area contributed by atoms with Crippen LogP contribution in [-0.4, -0.2) is 40.3 Å². The Labute approximate surface area is 111 Å². The van der Waals surface area contributed by atoms with Crippen molar-refractivity contribution in [1.29, 1.82) is 0 Å². The van der Waals surface area contributed by atoms with Gasteiger partial charge in [-0.25, -0.2) is 0 Å². The van der Waals surface area contributed by atoms with Crippen LogP contribution in [0.3, 0.4) is 0 Å². The minimum Gasteiger partial charge on any atom is -0.461 e. The minimum absolute atomic E-state index is 0.233. The molecule has 3 rings (SSSR count). The Morgan fingerprint density at radius 2 is 2.11 bits per heavy atom. The number of nitrogens with zero attached hydrogens (tertiary/aromatic N) is 3. The number of hydrogen-bond acceptors (Lipinski definition) is 6. The van der Waals surface area contributed by atoms with E-state index >= 15 is 0 Å². The van der Waals surface area contributed by atoms with Crippen molar-refractivity contribution in [3.8, 4) is 11.6 Å². The van der Waals surface area contributed by atoms with Crippen molar-refractivity contribution in [3.05, 3.63) is 24.3 Å². The first kappa shape index (κ1) is 12.4. The van der Waals surface area contributed by atoms with Gasteiger partial charge in [-0.15, -0.1) is 0 Å². The summed E-state index contributed by atoms with van der Waals surface area (Å²) in [6.07, 6.45) is 2.06. The fraction of sp³-hybridized carbons (Fsp3) is 0.538. The number of rotatable bonds is 3. The Bertz CT molecular complexity index is 513. The molecule has 0 aliphatic carbocycles. The number of furan rings is 1. The van der Waals surface area contributed by atoms with E-state index in [2.05, 4.69) is 28.9 Å². The summed E-state index contributed by atoms with van der Waals surface area (Å²) in [4.78, 5) is 6.61. The molecule has 1 aliphatic heterocycles. The Morgan fingerprint density at radius 3 is 2.79 bits per heavy atom. The van der Waals surface area contributed by atoms with Crippen LogP contribution >= 0.6 is 0 Å². The molecule has 0 bridgehead atoms. The zero-order valence-electron chi connectivity index (χ0n) is 11.1. The number of ether oxygens (including phenoxy) is 1. The van der Waals surface area contributed by atoms with Crippen LogP contribution < -0.4 is 0 Å². The molecule has 102 valence electrons. The van der Waals surface area contributed by atoms with Crippen LogP contribution in [0.1, 0.15) is 19.7 Å². The van der Waals surface area contributed by atoms with E-state index in [1.807, 2.05) is 6.07 Å². The lowest BCUT2D eigenvalue weighted by Gasteiger charge is -2.34. The standard InChI is InChI=1S/C13H17N3O3/c1-9-6-16(7-10(2)18-9)8-12-14-13(15-19-12)11-4-3-5-17-11/h3-5,9-10H,6-8H2,1-2H3/t9-,10+. The lowest BCUT2D eigenvalue weighted by atomic mass is 10.2. The highest BCUT2D eigenvalue weighted by Crippen LogP contribution is 2.18. The van der Waals surface area contributed by atoms with Crippen molar-refractivity contribution in [3.63, 3.8) is 0 Å². The van der Waals surface area contributed by atoms with Gasteiger partial charge in [-0.3, -0.25) is 4.90 Å². The van der Waals surface area contributed by atoms with Gasteiger partial charge in [0.1, 0.15) is 0 Å². The molecule has 0 aromatic carbocycles. The maximum Gasteiger partial charge on any atom is 0.241 e. The van der Waals surface area contributed by atoms with Gasteiger partial charge in [0.2, 0.25) is 11.7 Å². The second-order valence-corrected chi connectivity index (χ2v) is 4.94. The lowest BCUT2D eigenvalue weighted by Crippen LogP contribution is -2.44. The molecule has 1 saturated heterocycles. The molecule has 0 saturated carbocycles. The van der Waals surface area contributed by atoms with Gasteiger partial charge in [-0.2, -0.15) is 4.98 Å². The molecule has 0 amide bonds. The van der Waals surface area contributed by atoms with Gasteiger partial charge < -0.3 is 13.7 Å². The molecule has 19 heavy (non-hydrogen) atoms. The molecule has 0 radical (unpaired) electrons. The summed E-state index contributed by atoms with van der Waals surface area (Å²) in [6, 6.07) is 3.62. The molecule has 2 aromatic rings. The molecule has 2 atom stereocenters. The van der Waals surface area contributed by atoms with Crippen LogP contribution in [0.4, 0.5) is 0 Å². The molecular formula is C13H17N3O3. The Kier molecular flexibility index (Phi) is 3.35. The molecule has 1 aliphatic rings. The van der Waals surface area contributed by atoms with E-state index in [1.165, 1.54) is 0 Å². The first-order valence-corrected chi connectivity index (χ1v) is 6.45. The highest BCUT2D eigenvalue weighted by Gasteiger charge is 2.24. The van der Waals surface area contributed by atoms with Crippen molar-refractivity contribution in [2.75, 3.05) is 13.1 Å². The number of aromatic nitrogens is 2. The molecule has 0 spiro atoms. The molecule has 0 unspecified atom stereocenters. The highest BCUT2D eigenvalue weighted by atomic mass is 16.5. The van der Waals surface area contributed by atoms with Crippen molar-refractivity contribution in [2.45, 2.75) is 32.6 Å². The normalized spacial score (nSPS) is 24.7. The summed E-state index contributed by atoms with van der Waals surface area (Å²) >= 11 is 0. The summed E-state index contributed by atoms with van der Waals surface area (Å²) in [5.41, 5.74) is 0. The largest absolute Gasteiger partial charge is 0.461 e. The van der Waals surface area contributed by atoms with E-state index < -0.39 is 0 Å². The third-order valence-corrected chi connectivity index (χ3v) is 3.06. The molecule has 1 fully saturated rings. The van der Waals surface area contributed by atoms with Gasteiger partial charge in [0.15, 0.2) is 5.76 Å². The first-order chi connectivity index (χ1) is 9.20. The highest BCUT2D eigenvalue weighted by molar-refractivity contribution is 5.44. The molecular weight excluding hydrogens is 246 g/mol. The Balaban J connectivity index is 1.67. The maximum absolute atomic E-state index is 5.69. The van der Waals surface area contributed by atoms with Crippen LogP contribution in [0.25, 0.3) is 11.6 Å². The van der Waals surface area contributed by atoms with Gasteiger partial charge >= 0.3 is 0 Å². The third-order valence-electron chi connectivity index (χ3n) is 3.06. The third kappa shape index (κ3) is 2.85. The molecule has 2 aromatic heterocycles. The van der Waals surface area contributed by atoms with E-state index in [-0.39, 0.29) is 12.2 Å². The summed E-state index contributed by atoms with van der Waals surface area (Å²) < 4.78 is 16.2. The monoisotopic (exact) mass is 263 g/mol. The van der Waals surface area contributed by atoms with E-state index in [0.29, 0.717) is 24.0 Å². The summed E-state index contributed by atoms with van der Waals surface area (Å²) in [5, 5.41) is 3.92. The van der Waals surface area contributed by atoms with Gasteiger partial charge in [-0.1, -0.05) is 5.16 Å². The second kappa shape index (κ2) is 5.14. The number of hydrogen-bond donors (Lipinski definition) is 0. The van der Waals surface area contributed by atoms with Gasteiger partial charge in [0.05, 0.1) is 25.0 Å². The van der Waals surface area contributed by atoms with E-state index in [4.69, 9.17) is 13.7 Å². The smallest absolute Gasteiger partial charge is 0.241 e. The average Bonchev–Trinajstić information content (AvgIpc) is 2.96. The van der Waals surface area contributed by atoms with Crippen LogP contribution in [0.5, 0.6) is 0 Å².